The van der Waals surface area contributed by atoms with Crippen LogP contribution < -0.4 is 0 Å². The SMILES string of the molecule is Cl.Cl.FC(F)C(F)C(F)CC1=[C]([Ti])CC=C1. The van der Waals surface area contributed by atoms with Crippen molar-refractivity contribution in [3.63, 3.8) is 0 Å². The third-order valence-corrected chi connectivity index (χ3v) is 2.85. The van der Waals surface area contributed by atoms with Gasteiger partial charge in [0.05, 0.1) is 0 Å². The van der Waals surface area contributed by atoms with Crippen LogP contribution in [0, 0.1) is 0 Å². The molecule has 0 aromatic heterocycles. The summed E-state index contributed by atoms with van der Waals surface area (Å²) in [4.78, 5) is 0. The van der Waals surface area contributed by atoms with E-state index in [1.807, 2.05) is 6.08 Å². The monoisotopic (exact) mass is 313 g/mol. The fourth-order valence-corrected chi connectivity index (χ4v) is 1.70. The maximum atomic E-state index is 12.9. The van der Waals surface area contributed by atoms with Crippen molar-refractivity contribution in [2.45, 2.75) is 31.6 Å². The molecule has 0 saturated carbocycles. The zero-order valence-corrected chi connectivity index (χ0v) is 11.3. The van der Waals surface area contributed by atoms with E-state index in [1.165, 1.54) is 0 Å². The second-order valence-corrected chi connectivity index (χ2v) is 4.05. The summed E-state index contributed by atoms with van der Waals surface area (Å²) in [6.45, 7) is 0. The molecule has 0 fully saturated rings. The molecule has 0 N–H and O–H groups in total. The van der Waals surface area contributed by atoms with Gasteiger partial charge in [-0.2, -0.15) is 0 Å². The molecule has 0 nitrogen and oxygen atoms in total. The van der Waals surface area contributed by atoms with Gasteiger partial charge in [-0.15, -0.1) is 24.8 Å². The van der Waals surface area contributed by atoms with Gasteiger partial charge in [-0.05, 0) is 0 Å². The van der Waals surface area contributed by atoms with E-state index < -0.39 is 18.8 Å². The molecule has 7 heteroatoms. The average Bonchev–Trinajstić information content (AvgIpc) is 2.50. The number of halogens is 6. The Morgan fingerprint density at radius 1 is 1.19 bits per heavy atom. The zero-order valence-electron chi connectivity index (χ0n) is 8.13. The molecule has 0 aliphatic heterocycles. The minimum atomic E-state index is -3.24. The Morgan fingerprint density at radius 3 is 2.12 bits per heavy atom. The van der Waals surface area contributed by atoms with Crippen LogP contribution in [0.25, 0.3) is 0 Å². The molecule has 1 aliphatic carbocycles. The zero-order chi connectivity index (χ0) is 10.7. The Hall–Kier alpha value is 0.494. The Kier molecular flexibility index (Phi) is 10.1. The molecule has 0 spiro atoms. The second kappa shape index (κ2) is 8.57. The van der Waals surface area contributed by atoms with Gasteiger partial charge in [-0.1, -0.05) is 0 Å². The molecular weight excluding hydrogens is 303 g/mol. The summed E-state index contributed by atoms with van der Waals surface area (Å²) in [7, 11) is 0. The summed E-state index contributed by atoms with van der Waals surface area (Å²) in [5, 5.41) is 0. The van der Waals surface area contributed by atoms with Crippen molar-refractivity contribution in [2.75, 3.05) is 0 Å². The van der Waals surface area contributed by atoms with E-state index in [1.54, 1.807) is 26.5 Å². The van der Waals surface area contributed by atoms with Gasteiger partial charge in [0, 0.05) is 0 Å². The van der Waals surface area contributed by atoms with Crippen LogP contribution in [-0.4, -0.2) is 18.8 Å². The van der Waals surface area contributed by atoms with Crippen molar-refractivity contribution in [2.24, 2.45) is 0 Å². The molecule has 0 amide bonds. The van der Waals surface area contributed by atoms with Crippen LogP contribution in [0.2, 0.25) is 0 Å². The Balaban J connectivity index is 0. The van der Waals surface area contributed by atoms with Gasteiger partial charge in [0.25, 0.3) is 0 Å². The van der Waals surface area contributed by atoms with Gasteiger partial charge in [0.1, 0.15) is 0 Å². The van der Waals surface area contributed by atoms with Gasteiger partial charge >= 0.3 is 91.2 Å². The van der Waals surface area contributed by atoms with Gasteiger partial charge in [0.2, 0.25) is 0 Å². The fraction of sp³-hybridized carbons (Fsp3) is 0.556. The summed E-state index contributed by atoms with van der Waals surface area (Å²) in [6.07, 6.45) is -4.10. The molecule has 1 rings (SSSR count). The van der Waals surface area contributed by atoms with Crippen molar-refractivity contribution in [3.05, 3.63) is 21.6 Å². The van der Waals surface area contributed by atoms with Gasteiger partial charge < -0.3 is 0 Å². The first kappa shape index (κ1) is 18.8. The van der Waals surface area contributed by atoms with E-state index in [4.69, 9.17) is 0 Å². The molecule has 2 unspecified atom stereocenters. The Labute approximate surface area is 116 Å². The molecule has 0 radical (unpaired) electrons. The van der Waals surface area contributed by atoms with Gasteiger partial charge in [-0.25, -0.2) is 0 Å². The van der Waals surface area contributed by atoms with Crippen molar-refractivity contribution < 1.29 is 38.0 Å². The molecule has 0 heterocycles. The molecule has 93 valence electrons. The van der Waals surface area contributed by atoms with Crippen LogP contribution in [0.3, 0.4) is 0 Å². The van der Waals surface area contributed by atoms with Crippen LogP contribution >= 0.6 is 24.8 Å². The van der Waals surface area contributed by atoms with Crippen LogP contribution in [0.1, 0.15) is 12.8 Å². The van der Waals surface area contributed by atoms with Crippen LogP contribution in [0.15, 0.2) is 21.6 Å². The quantitative estimate of drug-likeness (QED) is 0.545. The molecule has 0 bridgehead atoms. The standard InChI is InChI=1S/C9H9F4.2ClH.Ti/c10-7(8(11)9(12)13)5-6-3-1-2-4-6;;;/h1,3,7-9H,2,5H2;2*1H;. The van der Waals surface area contributed by atoms with Crippen molar-refractivity contribution in [1.82, 2.24) is 0 Å². The number of hydrogen-bond acceptors (Lipinski definition) is 0. The predicted molar refractivity (Wildman–Crippen MR) is 55.7 cm³/mol. The van der Waals surface area contributed by atoms with Gasteiger partial charge in [0.15, 0.2) is 0 Å². The number of rotatable bonds is 4. The van der Waals surface area contributed by atoms with Crippen molar-refractivity contribution in [3.8, 4) is 0 Å². The summed E-state index contributed by atoms with van der Waals surface area (Å²) in [5.41, 5.74) is 0.640. The molecule has 2 atom stereocenters. The molecule has 0 saturated heterocycles. The normalized spacial score (nSPS) is 18.0. The molecule has 16 heavy (non-hydrogen) atoms. The van der Waals surface area contributed by atoms with E-state index in [2.05, 4.69) is 0 Å². The maximum absolute atomic E-state index is 12.9. The van der Waals surface area contributed by atoms with Crippen LogP contribution in [0.5, 0.6) is 0 Å². The van der Waals surface area contributed by atoms with Crippen LogP contribution in [-0.2, 0) is 20.4 Å². The third-order valence-electron chi connectivity index (χ3n) is 2.03. The minimum absolute atomic E-state index is 0. The van der Waals surface area contributed by atoms with Crippen LogP contribution in [0.4, 0.5) is 17.6 Å². The van der Waals surface area contributed by atoms with E-state index in [0.717, 1.165) is 3.88 Å². The number of hydrogen-bond donors (Lipinski definition) is 0. The van der Waals surface area contributed by atoms with Crippen molar-refractivity contribution >= 4 is 24.8 Å². The van der Waals surface area contributed by atoms with E-state index >= 15 is 0 Å². The van der Waals surface area contributed by atoms with Crippen molar-refractivity contribution in [1.29, 1.82) is 0 Å². The second-order valence-electron chi connectivity index (χ2n) is 3.11. The number of alkyl halides is 4. The summed E-state index contributed by atoms with van der Waals surface area (Å²) in [6, 6.07) is 0. The Bertz CT molecular complexity index is 268. The molecule has 0 aromatic rings. The van der Waals surface area contributed by atoms with E-state index in [-0.39, 0.29) is 31.2 Å². The first-order valence-electron chi connectivity index (χ1n) is 4.19. The number of allylic oxidation sites excluding steroid dienone is 4. The summed E-state index contributed by atoms with van der Waals surface area (Å²) < 4.78 is 50.0. The van der Waals surface area contributed by atoms with Gasteiger partial charge in [-0.3, -0.25) is 0 Å². The Morgan fingerprint density at radius 2 is 1.75 bits per heavy atom. The first-order valence-corrected chi connectivity index (χ1v) is 4.97. The first-order chi connectivity index (χ1) is 6.52. The predicted octanol–water partition coefficient (Wildman–Crippen LogP) is 3.92. The third kappa shape index (κ3) is 5.22. The van der Waals surface area contributed by atoms with E-state index in [9.17, 15) is 17.6 Å². The molecule has 0 aromatic carbocycles. The molecule has 1 aliphatic rings. The fourth-order valence-electron chi connectivity index (χ4n) is 1.22. The summed E-state index contributed by atoms with van der Waals surface area (Å²) in [5.74, 6) is 0. The average molecular weight is 314 g/mol. The van der Waals surface area contributed by atoms with E-state index in [0.29, 0.717) is 12.0 Å². The molecular formula is C9H11Cl2F4Ti. The summed E-state index contributed by atoms with van der Waals surface area (Å²) >= 11 is 1.79. The topological polar surface area (TPSA) is 0 Å².